The van der Waals surface area contributed by atoms with E-state index in [4.69, 9.17) is 11.6 Å². The standard InChI is InChI=1S/C13H16ClNO/c1-3-4-5-9-15-13(16)11-8-6-7-10(2)12(11)14/h3-4,6-8H,5,9H2,1-2H3,(H,15,16)/b4-3+. The summed E-state index contributed by atoms with van der Waals surface area (Å²) in [5.74, 6) is -0.113. The number of nitrogens with one attached hydrogen (secondary N) is 1. The van der Waals surface area contributed by atoms with Gasteiger partial charge in [-0.1, -0.05) is 35.9 Å². The Morgan fingerprint density at radius 1 is 1.50 bits per heavy atom. The zero-order chi connectivity index (χ0) is 12.0. The fourth-order valence-corrected chi connectivity index (χ4v) is 1.57. The first-order valence-electron chi connectivity index (χ1n) is 5.31. The van der Waals surface area contributed by atoms with Gasteiger partial charge in [0.15, 0.2) is 0 Å². The van der Waals surface area contributed by atoms with Gasteiger partial charge in [-0.05, 0) is 31.9 Å². The number of amides is 1. The van der Waals surface area contributed by atoms with Gasteiger partial charge in [-0.25, -0.2) is 0 Å². The number of aryl methyl sites for hydroxylation is 1. The lowest BCUT2D eigenvalue weighted by Gasteiger charge is -2.07. The monoisotopic (exact) mass is 237 g/mol. The zero-order valence-electron chi connectivity index (χ0n) is 9.59. The Hall–Kier alpha value is -1.28. The third-order valence-electron chi connectivity index (χ3n) is 2.27. The summed E-state index contributed by atoms with van der Waals surface area (Å²) in [7, 11) is 0. The minimum Gasteiger partial charge on any atom is -0.352 e. The fraction of sp³-hybridized carbons (Fsp3) is 0.308. The first-order valence-corrected chi connectivity index (χ1v) is 5.69. The predicted molar refractivity (Wildman–Crippen MR) is 68.0 cm³/mol. The molecule has 1 amide bonds. The first kappa shape index (κ1) is 12.8. The van der Waals surface area contributed by atoms with Crippen molar-refractivity contribution in [3.05, 3.63) is 46.5 Å². The van der Waals surface area contributed by atoms with Crippen LogP contribution in [0.5, 0.6) is 0 Å². The van der Waals surface area contributed by atoms with Crippen molar-refractivity contribution < 1.29 is 4.79 Å². The lowest BCUT2D eigenvalue weighted by Crippen LogP contribution is -2.24. The number of carbonyl (C=O) groups excluding carboxylic acids is 1. The molecule has 2 nitrogen and oxygen atoms in total. The fourth-order valence-electron chi connectivity index (χ4n) is 1.35. The van der Waals surface area contributed by atoms with E-state index in [1.807, 2.05) is 38.1 Å². The molecule has 86 valence electrons. The summed E-state index contributed by atoms with van der Waals surface area (Å²) in [6, 6.07) is 5.46. The highest BCUT2D eigenvalue weighted by Gasteiger charge is 2.10. The van der Waals surface area contributed by atoms with Crippen LogP contribution in [-0.4, -0.2) is 12.5 Å². The minimum atomic E-state index is -0.113. The molecule has 0 bridgehead atoms. The average molecular weight is 238 g/mol. The smallest absolute Gasteiger partial charge is 0.252 e. The highest BCUT2D eigenvalue weighted by Crippen LogP contribution is 2.19. The van der Waals surface area contributed by atoms with Crippen LogP contribution in [-0.2, 0) is 0 Å². The molecular formula is C13H16ClNO. The quantitative estimate of drug-likeness (QED) is 0.632. The molecule has 1 rings (SSSR count). The molecule has 1 N–H and O–H groups in total. The van der Waals surface area contributed by atoms with E-state index in [1.165, 1.54) is 0 Å². The summed E-state index contributed by atoms with van der Waals surface area (Å²) in [6.07, 6.45) is 4.82. The summed E-state index contributed by atoms with van der Waals surface area (Å²) in [5.41, 5.74) is 1.46. The Balaban J connectivity index is 2.63. The maximum atomic E-state index is 11.8. The second-order valence-corrected chi connectivity index (χ2v) is 3.93. The van der Waals surface area contributed by atoms with Crippen molar-refractivity contribution in [2.24, 2.45) is 0 Å². The number of hydrogen-bond donors (Lipinski definition) is 1. The number of hydrogen-bond acceptors (Lipinski definition) is 1. The van der Waals surface area contributed by atoms with Crippen molar-refractivity contribution in [2.45, 2.75) is 20.3 Å². The molecule has 16 heavy (non-hydrogen) atoms. The summed E-state index contributed by atoms with van der Waals surface area (Å²) in [6.45, 7) is 4.48. The Labute approximate surface area is 101 Å². The SMILES string of the molecule is C/C=C/CCNC(=O)c1cccc(C)c1Cl. The maximum Gasteiger partial charge on any atom is 0.252 e. The van der Waals surface area contributed by atoms with Crippen LogP contribution in [0.25, 0.3) is 0 Å². The van der Waals surface area contributed by atoms with Gasteiger partial charge in [-0.3, -0.25) is 4.79 Å². The number of carbonyl (C=O) groups is 1. The van der Waals surface area contributed by atoms with E-state index in [2.05, 4.69) is 5.32 Å². The lowest BCUT2D eigenvalue weighted by atomic mass is 10.1. The molecule has 1 aromatic carbocycles. The molecule has 0 aliphatic carbocycles. The minimum absolute atomic E-state index is 0.113. The van der Waals surface area contributed by atoms with Crippen LogP contribution in [0.15, 0.2) is 30.4 Å². The molecule has 0 saturated heterocycles. The van der Waals surface area contributed by atoms with Gasteiger partial charge in [-0.2, -0.15) is 0 Å². The van der Waals surface area contributed by atoms with E-state index >= 15 is 0 Å². The van der Waals surface area contributed by atoms with Crippen LogP contribution in [0, 0.1) is 6.92 Å². The van der Waals surface area contributed by atoms with Crippen LogP contribution in [0.2, 0.25) is 5.02 Å². The van der Waals surface area contributed by atoms with Crippen molar-refractivity contribution in [1.29, 1.82) is 0 Å². The maximum absolute atomic E-state index is 11.8. The predicted octanol–water partition coefficient (Wildman–Crippen LogP) is 3.34. The van der Waals surface area contributed by atoms with Gasteiger partial charge in [0.05, 0.1) is 10.6 Å². The Kier molecular flexibility index (Phi) is 5.06. The first-order chi connectivity index (χ1) is 7.66. The van der Waals surface area contributed by atoms with Crippen molar-refractivity contribution in [3.63, 3.8) is 0 Å². The van der Waals surface area contributed by atoms with Gasteiger partial charge in [0.25, 0.3) is 5.91 Å². The van der Waals surface area contributed by atoms with Crippen LogP contribution >= 0.6 is 11.6 Å². The molecular weight excluding hydrogens is 222 g/mol. The number of benzene rings is 1. The molecule has 0 heterocycles. The highest BCUT2D eigenvalue weighted by molar-refractivity contribution is 6.34. The molecule has 0 aromatic heterocycles. The summed E-state index contributed by atoms with van der Waals surface area (Å²) in [5, 5.41) is 3.36. The Bertz CT molecular complexity index is 399. The molecule has 0 aliphatic rings. The van der Waals surface area contributed by atoms with E-state index in [-0.39, 0.29) is 5.91 Å². The van der Waals surface area contributed by atoms with E-state index in [9.17, 15) is 4.79 Å². The van der Waals surface area contributed by atoms with Gasteiger partial charge in [-0.15, -0.1) is 0 Å². The van der Waals surface area contributed by atoms with Crippen molar-refractivity contribution in [3.8, 4) is 0 Å². The molecule has 0 spiro atoms. The van der Waals surface area contributed by atoms with E-state index in [0.717, 1.165) is 12.0 Å². The molecule has 0 aliphatic heterocycles. The number of allylic oxidation sites excluding steroid dienone is 1. The normalized spacial score (nSPS) is 10.7. The molecule has 0 atom stereocenters. The van der Waals surface area contributed by atoms with Crippen molar-refractivity contribution in [2.75, 3.05) is 6.54 Å². The molecule has 0 unspecified atom stereocenters. The van der Waals surface area contributed by atoms with E-state index < -0.39 is 0 Å². The molecule has 0 saturated carbocycles. The van der Waals surface area contributed by atoms with Crippen LogP contribution in [0.1, 0.15) is 29.3 Å². The van der Waals surface area contributed by atoms with Gasteiger partial charge >= 0.3 is 0 Å². The second kappa shape index (κ2) is 6.33. The number of halogens is 1. The van der Waals surface area contributed by atoms with Crippen LogP contribution in [0.3, 0.4) is 0 Å². The van der Waals surface area contributed by atoms with Gasteiger partial charge in [0.1, 0.15) is 0 Å². The third-order valence-corrected chi connectivity index (χ3v) is 2.77. The molecule has 1 aromatic rings. The van der Waals surface area contributed by atoms with Crippen molar-refractivity contribution >= 4 is 17.5 Å². The second-order valence-electron chi connectivity index (χ2n) is 3.55. The largest absolute Gasteiger partial charge is 0.352 e. The van der Waals surface area contributed by atoms with Crippen molar-refractivity contribution in [1.82, 2.24) is 5.32 Å². The van der Waals surface area contributed by atoms with E-state index in [1.54, 1.807) is 6.07 Å². The topological polar surface area (TPSA) is 29.1 Å². The number of rotatable bonds is 4. The summed E-state index contributed by atoms with van der Waals surface area (Å²) in [4.78, 5) is 11.8. The molecule has 3 heteroatoms. The van der Waals surface area contributed by atoms with Gasteiger partial charge < -0.3 is 5.32 Å². The molecule has 0 radical (unpaired) electrons. The highest BCUT2D eigenvalue weighted by atomic mass is 35.5. The Morgan fingerprint density at radius 3 is 2.94 bits per heavy atom. The molecule has 0 fully saturated rings. The van der Waals surface area contributed by atoms with Crippen LogP contribution < -0.4 is 5.32 Å². The Morgan fingerprint density at radius 2 is 2.25 bits per heavy atom. The van der Waals surface area contributed by atoms with E-state index in [0.29, 0.717) is 17.1 Å². The van der Waals surface area contributed by atoms with Gasteiger partial charge in [0, 0.05) is 6.54 Å². The summed E-state index contributed by atoms with van der Waals surface area (Å²) < 4.78 is 0. The van der Waals surface area contributed by atoms with Gasteiger partial charge in [0.2, 0.25) is 0 Å². The van der Waals surface area contributed by atoms with Crippen LogP contribution in [0.4, 0.5) is 0 Å². The zero-order valence-corrected chi connectivity index (χ0v) is 10.3. The lowest BCUT2D eigenvalue weighted by molar-refractivity contribution is 0.0954. The average Bonchev–Trinajstić information content (AvgIpc) is 2.28. The third kappa shape index (κ3) is 3.38. The summed E-state index contributed by atoms with van der Waals surface area (Å²) >= 11 is 6.05.